The van der Waals surface area contributed by atoms with Crippen molar-refractivity contribution >= 4 is 27.3 Å². The van der Waals surface area contributed by atoms with Gasteiger partial charge in [0, 0.05) is 0 Å². The Bertz CT molecular complexity index is 1130. The zero-order valence-corrected chi connectivity index (χ0v) is 17.0. The standard InChI is InChI=1S/C22H20F2N2O3S/c1-2-16-9-6-7-14-20(16)26(30(28,29)17-10-4-3-5-11-17)15-21(27)25-22-18(23)12-8-13-19(22)24/h3-14H,2,15H2,1H3,(H,25,27). The average Bonchev–Trinajstić information content (AvgIpc) is 2.75. The molecule has 0 bridgehead atoms. The number of carbonyl (C=O) groups is 1. The van der Waals surface area contributed by atoms with E-state index in [1.165, 1.54) is 18.2 Å². The van der Waals surface area contributed by atoms with E-state index in [4.69, 9.17) is 0 Å². The molecule has 3 rings (SSSR count). The summed E-state index contributed by atoms with van der Waals surface area (Å²) in [4.78, 5) is 12.6. The first kappa shape index (κ1) is 21.4. The van der Waals surface area contributed by atoms with E-state index in [2.05, 4.69) is 5.32 Å². The van der Waals surface area contributed by atoms with Crippen LogP contribution in [-0.2, 0) is 21.2 Å². The summed E-state index contributed by atoms with van der Waals surface area (Å²) in [6.45, 7) is 1.21. The van der Waals surface area contributed by atoms with Crippen LogP contribution in [0.2, 0.25) is 0 Å². The van der Waals surface area contributed by atoms with Crippen molar-refractivity contribution in [2.24, 2.45) is 0 Å². The molecule has 0 unspecified atom stereocenters. The molecule has 0 aliphatic heterocycles. The van der Waals surface area contributed by atoms with Gasteiger partial charge in [-0.15, -0.1) is 0 Å². The Morgan fingerprint density at radius 3 is 2.13 bits per heavy atom. The number of para-hydroxylation sites is 2. The van der Waals surface area contributed by atoms with Crippen LogP contribution in [0.1, 0.15) is 12.5 Å². The Hall–Kier alpha value is -3.26. The number of nitrogens with zero attached hydrogens (tertiary/aromatic N) is 1. The van der Waals surface area contributed by atoms with Gasteiger partial charge in [0.2, 0.25) is 5.91 Å². The number of hydrogen-bond acceptors (Lipinski definition) is 3. The number of halogens is 2. The van der Waals surface area contributed by atoms with E-state index in [-0.39, 0.29) is 4.90 Å². The molecule has 0 fully saturated rings. The molecule has 5 nitrogen and oxygen atoms in total. The van der Waals surface area contributed by atoms with E-state index in [9.17, 15) is 22.0 Å². The first-order valence-electron chi connectivity index (χ1n) is 9.24. The van der Waals surface area contributed by atoms with E-state index in [0.717, 1.165) is 16.4 Å². The molecular formula is C22H20F2N2O3S. The Kier molecular flexibility index (Phi) is 6.47. The zero-order chi connectivity index (χ0) is 21.7. The molecule has 3 aromatic rings. The fourth-order valence-corrected chi connectivity index (χ4v) is 4.48. The van der Waals surface area contributed by atoms with Crippen molar-refractivity contribution in [3.8, 4) is 0 Å². The number of sulfonamides is 1. The first-order valence-corrected chi connectivity index (χ1v) is 10.7. The van der Waals surface area contributed by atoms with E-state index in [1.807, 2.05) is 6.92 Å². The molecule has 8 heteroatoms. The minimum Gasteiger partial charge on any atom is -0.320 e. The molecule has 0 aromatic heterocycles. The van der Waals surface area contributed by atoms with E-state index in [1.54, 1.807) is 42.5 Å². The van der Waals surface area contributed by atoms with Gasteiger partial charge in [-0.2, -0.15) is 0 Å². The van der Waals surface area contributed by atoms with Crippen LogP contribution in [0.5, 0.6) is 0 Å². The molecule has 0 spiro atoms. The van der Waals surface area contributed by atoms with Gasteiger partial charge in [-0.3, -0.25) is 9.10 Å². The minimum absolute atomic E-state index is 0.000721. The molecular weight excluding hydrogens is 410 g/mol. The molecule has 0 aliphatic rings. The largest absolute Gasteiger partial charge is 0.320 e. The topological polar surface area (TPSA) is 66.5 Å². The lowest BCUT2D eigenvalue weighted by molar-refractivity contribution is -0.114. The molecule has 3 aromatic carbocycles. The molecule has 156 valence electrons. The van der Waals surface area contributed by atoms with Crippen molar-refractivity contribution in [3.05, 3.63) is 90.0 Å². The van der Waals surface area contributed by atoms with Crippen molar-refractivity contribution in [2.45, 2.75) is 18.2 Å². The lowest BCUT2D eigenvalue weighted by Crippen LogP contribution is -2.39. The normalized spacial score (nSPS) is 11.2. The monoisotopic (exact) mass is 430 g/mol. The Morgan fingerprint density at radius 1 is 0.900 bits per heavy atom. The third-order valence-corrected chi connectivity index (χ3v) is 6.26. The fourth-order valence-electron chi connectivity index (χ4n) is 3.00. The zero-order valence-electron chi connectivity index (χ0n) is 16.2. The molecule has 1 amide bonds. The quantitative estimate of drug-likeness (QED) is 0.606. The average molecular weight is 430 g/mol. The summed E-state index contributed by atoms with van der Waals surface area (Å²) in [5.41, 5.74) is 0.415. The van der Waals surface area contributed by atoms with Crippen LogP contribution in [0.25, 0.3) is 0 Å². The summed E-state index contributed by atoms with van der Waals surface area (Å²) in [6, 6.07) is 17.6. The van der Waals surface area contributed by atoms with E-state index >= 15 is 0 Å². The summed E-state index contributed by atoms with van der Waals surface area (Å²) in [5, 5.41) is 2.14. The SMILES string of the molecule is CCc1ccccc1N(CC(=O)Nc1c(F)cccc1F)S(=O)(=O)c1ccccc1. The van der Waals surface area contributed by atoms with Gasteiger partial charge in [-0.05, 0) is 42.3 Å². The molecule has 0 heterocycles. The summed E-state index contributed by atoms with van der Waals surface area (Å²) < 4.78 is 55.4. The number of aryl methyl sites for hydroxylation is 1. The second-order valence-electron chi connectivity index (χ2n) is 6.45. The Labute approximate surface area is 174 Å². The second kappa shape index (κ2) is 9.04. The third kappa shape index (κ3) is 4.49. The number of amides is 1. The third-order valence-electron chi connectivity index (χ3n) is 4.49. The molecule has 0 saturated heterocycles. The van der Waals surface area contributed by atoms with Gasteiger partial charge in [0.05, 0.1) is 10.6 Å². The van der Waals surface area contributed by atoms with Gasteiger partial charge >= 0.3 is 0 Å². The summed E-state index contributed by atoms with van der Waals surface area (Å²) in [6.07, 6.45) is 0.528. The fraction of sp³-hybridized carbons (Fsp3) is 0.136. The van der Waals surface area contributed by atoms with Gasteiger partial charge in [0.15, 0.2) is 0 Å². The van der Waals surface area contributed by atoms with Gasteiger partial charge in [-0.25, -0.2) is 17.2 Å². The highest BCUT2D eigenvalue weighted by Crippen LogP contribution is 2.28. The Balaban J connectivity index is 2.01. The lowest BCUT2D eigenvalue weighted by Gasteiger charge is -2.26. The van der Waals surface area contributed by atoms with Gasteiger partial charge in [0.1, 0.15) is 23.9 Å². The maximum atomic E-state index is 13.9. The van der Waals surface area contributed by atoms with Crippen molar-refractivity contribution in [2.75, 3.05) is 16.2 Å². The first-order chi connectivity index (χ1) is 14.3. The summed E-state index contributed by atoms with van der Waals surface area (Å²) in [7, 11) is -4.11. The lowest BCUT2D eigenvalue weighted by atomic mass is 10.1. The van der Waals surface area contributed by atoms with Crippen molar-refractivity contribution in [1.82, 2.24) is 0 Å². The van der Waals surface area contributed by atoms with Crippen molar-refractivity contribution < 1.29 is 22.0 Å². The maximum Gasteiger partial charge on any atom is 0.264 e. The van der Waals surface area contributed by atoms with Crippen LogP contribution in [0.15, 0.2) is 77.7 Å². The van der Waals surface area contributed by atoms with Gasteiger partial charge in [-0.1, -0.05) is 49.4 Å². The van der Waals surface area contributed by atoms with Crippen LogP contribution < -0.4 is 9.62 Å². The van der Waals surface area contributed by atoms with Crippen LogP contribution >= 0.6 is 0 Å². The van der Waals surface area contributed by atoms with Crippen molar-refractivity contribution in [3.63, 3.8) is 0 Å². The Morgan fingerprint density at radius 2 is 1.50 bits per heavy atom. The second-order valence-corrected chi connectivity index (χ2v) is 8.31. The smallest absolute Gasteiger partial charge is 0.264 e. The number of nitrogens with one attached hydrogen (secondary N) is 1. The number of carbonyl (C=O) groups excluding carboxylic acids is 1. The molecule has 0 aliphatic carbocycles. The van der Waals surface area contributed by atoms with Crippen LogP contribution in [0.3, 0.4) is 0 Å². The molecule has 0 saturated carbocycles. The highest BCUT2D eigenvalue weighted by Gasteiger charge is 2.29. The van der Waals surface area contributed by atoms with Crippen LogP contribution in [0.4, 0.5) is 20.2 Å². The molecule has 0 atom stereocenters. The summed E-state index contributed by atoms with van der Waals surface area (Å²) >= 11 is 0. The van der Waals surface area contributed by atoms with Crippen LogP contribution in [0, 0.1) is 11.6 Å². The molecule has 1 N–H and O–H groups in total. The highest BCUT2D eigenvalue weighted by molar-refractivity contribution is 7.92. The molecule has 30 heavy (non-hydrogen) atoms. The van der Waals surface area contributed by atoms with E-state index < -0.39 is 39.8 Å². The summed E-state index contributed by atoms with van der Waals surface area (Å²) in [5.74, 6) is -2.77. The molecule has 0 radical (unpaired) electrons. The van der Waals surface area contributed by atoms with Gasteiger partial charge in [0.25, 0.3) is 10.0 Å². The number of rotatable bonds is 7. The number of benzene rings is 3. The number of hydrogen-bond donors (Lipinski definition) is 1. The van der Waals surface area contributed by atoms with Crippen LogP contribution in [-0.4, -0.2) is 20.9 Å². The van der Waals surface area contributed by atoms with Crippen molar-refractivity contribution in [1.29, 1.82) is 0 Å². The van der Waals surface area contributed by atoms with E-state index in [0.29, 0.717) is 17.7 Å². The maximum absolute atomic E-state index is 13.9. The predicted molar refractivity (Wildman–Crippen MR) is 112 cm³/mol. The van der Waals surface area contributed by atoms with Gasteiger partial charge < -0.3 is 5.32 Å². The number of anilines is 2. The highest BCUT2D eigenvalue weighted by atomic mass is 32.2. The predicted octanol–water partition coefficient (Wildman–Crippen LogP) is 4.36. The minimum atomic E-state index is -4.11.